The molecule has 0 bridgehead atoms. The lowest BCUT2D eigenvalue weighted by atomic mass is 10.0. The molecule has 0 amide bonds. The van der Waals surface area contributed by atoms with Gasteiger partial charge in [-0.15, -0.1) is 0 Å². The molecule has 0 unspecified atom stereocenters. The van der Waals surface area contributed by atoms with E-state index in [0.29, 0.717) is 17.4 Å². The number of likely N-dealkylation sites (N-methyl/N-ethyl adjacent to an activating group) is 1. The molecule has 1 aromatic heterocycles. The van der Waals surface area contributed by atoms with E-state index in [0.717, 1.165) is 17.5 Å². The number of nitrogens with zero attached hydrogens (tertiary/aromatic N) is 1. The molecule has 4 nitrogen and oxygen atoms in total. The summed E-state index contributed by atoms with van der Waals surface area (Å²) in [5.41, 5.74) is 3.53. The predicted molar refractivity (Wildman–Crippen MR) is 110 cm³/mol. The number of aryl methyl sites for hydroxylation is 1. The average molecular weight is 383 g/mol. The molecule has 27 heavy (non-hydrogen) atoms. The van der Waals surface area contributed by atoms with Gasteiger partial charge in [-0.05, 0) is 74.7 Å². The van der Waals surface area contributed by atoms with Crippen LogP contribution >= 0.6 is 0 Å². The minimum Gasteiger partial charge on any atom is -0.361 e. The normalized spacial score (nSPS) is 18.3. The summed E-state index contributed by atoms with van der Waals surface area (Å²) >= 11 is 0. The second kappa shape index (κ2) is 7.49. The van der Waals surface area contributed by atoms with Crippen LogP contribution in [-0.4, -0.2) is 43.7 Å². The lowest BCUT2D eigenvalue weighted by molar-refractivity contribution is 0.310. The van der Waals surface area contributed by atoms with E-state index in [1.165, 1.54) is 30.3 Å². The SMILES string of the molecule is CN1CCC[C@H]1Cc1c[nH]c2ccc(CCS(=O)(=O)c3ccccc3)cc12. The van der Waals surface area contributed by atoms with Gasteiger partial charge in [0.15, 0.2) is 9.84 Å². The van der Waals surface area contributed by atoms with E-state index in [2.05, 4.69) is 35.3 Å². The second-order valence-corrected chi connectivity index (χ2v) is 9.67. The van der Waals surface area contributed by atoms with Crippen LogP contribution in [0.1, 0.15) is 24.0 Å². The van der Waals surface area contributed by atoms with Gasteiger partial charge in [0.1, 0.15) is 0 Å². The van der Waals surface area contributed by atoms with Gasteiger partial charge in [-0.25, -0.2) is 8.42 Å². The van der Waals surface area contributed by atoms with Gasteiger partial charge in [0.05, 0.1) is 10.6 Å². The van der Waals surface area contributed by atoms with E-state index in [9.17, 15) is 8.42 Å². The van der Waals surface area contributed by atoms with Gasteiger partial charge in [-0.3, -0.25) is 0 Å². The zero-order valence-corrected chi connectivity index (χ0v) is 16.5. The van der Waals surface area contributed by atoms with Crippen LogP contribution in [-0.2, 0) is 22.7 Å². The Morgan fingerprint density at radius 3 is 2.70 bits per heavy atom. The van der Waals surface area contributed by atoms with Crippen LogP contribution in [0.2, 0.25) is 0 Å². The number of hydrogen-bond acceptors (Lipinski definition) is 3. The molecule has 3 aromatic rings. The van der Waals surface area contributed by atoms with Crippen molar-refractivity contribution in [3.63, 3.8) is 0 Å². The summed E-state index contributed by atoms with van der Waals surface area (Å²) in [5, 5.41) is 1.23. The van der Waals surface area contributed by atoms with Crippen molar-refractivity contribution in [2.24, 2.45) is 0 Å². The zero-order chi connectivity index (χ0) is 18.9. The lowest BCUT2D eigenvalue weighted by Crippen LogP contribution is -2.26. The van der Waals surface area contributed by atoms with Gasteiger partial charge in [0, 0.05) is 23.1 Å². The van der Waals surface area contributed by atoms with E-state index < -0.39 is 9.84 Å². The Kier molecular flexibility index (Phi) is 5.06. The molecule has 0 aliphatic carbocycles. The van der Waals surface area contributed by atoms with Crippen LogP contribution in [0.4, 0.5) is 0 Å². The molecule has 1 fully saturated rings. The van der Waals surface area contributed by atoms with E-state index in [1.807, 2.05) is 12.1 Å². The maximum atomic E-state index is 12.5. The minimum absolute atomic E-state index is 0.133. The van der Waals surface area contributed by atoms with Gasteiger partial charge in [0.25, 0.3) is 0 Å². The molecule has 1 atom stereocenters. The first kappa shape index (κ1) is 18.3. The second-order valence-electron chi connectivity index (χ2n) is 7.56. The van der Waals surface area contributed by atoms with E-state index in [1.54, 1.807) is 24.3 Å². The Hall–Kier alpha value is -2.11. The predicted octanol–water partition coefficient (Wildman–Crippen LogP) is 3.82. The van der Waals surface area contributed by atoms with Gasteiger partial charge in [-0.2, -0.15) is 0 Å². The molecule has 1 aliphatic rings. The van der Waals surface area contributed by atoms with Gasteiger partial charge < -0.3 is 9.88 Å². The highest BCUT2D eigenvalue weighted by Gasteiger charge is 2.22. The summed E-state index contributed by atoms with van der Waals surface area (Å²) < 4.78 is 25.1. The van der Waals surface area contributed by atoms with Crippen LogP contribution in [0.25, 0.3) is 10.9 Å². The zero-order valence-electron chi connectivity index (χ0n) is 15.7. The van der Waals surface area contributed by atoms with Crippen molar-refractivity contribution in [2.75, 3.05) is 19.3 Å². The standard InChI is InChI=1S/C22H26N2O2S/c1-24-12-5-6-19(24)15-18-16-23-22-10-9-17(14-21(18)22)11-13-27(25,26)20-7-3-2-4-8-20/h2-4,7-10,14,16,19,23H,5-6,11-13,15H2,1H3/t19-/m0/s1. The molecule has 2 heterocycles. The number of likely N-dealkylation sites (tertiary alicyclic amines) is 1. The molecule has 2 aromatic carbocycles. The molecule has 0 spiro atoms. The summed E-state index contributed by atoms with van der Waals surface area (Å²) in [6.07, 6.45) is 6.20. The third-order valence-electron chi connectivity index (χ3n) is 5.72. The molecule has 0 radical (unpaired) electrons. The monoisotopic (exact) mass is 382 g/mol. The fraction of sp³-hybridized carbons (Fsp3) is 0.364. The van der Waals surface area contributed by atoms with Crippen molar-refractivity contribution >= 4 is 20.7 Å². The first-order valence-corrected chi connectivity index (χ1v) is 11.2. The van der Waals surface area contributed by atoms with Crippen molar-refractivity contribution in [1.82, 2.24) is 9.88 Å². The fourth-order valence-electron chi connectivity index (χ4n) is 4.04. The molecule has 142 valence electrons. The molecular formula is C22H26N2O2S. The van der Waals surface area contributed by atoms with Gasteiger partial charge in [-0.1, -0.05) is 24.3 Å². The third kappa shape index (κ3) is 3.94. The van der Waals surface area contributed by atoms with E-state index >= 15 is 0 Å². The number of aromatic amines is 1. The number of benzene rings is 2. The maximum absolute atomic E-state index is 12.5. The first-order chi connectivity index (χ1) is 13.0. The molecule has 4 rings (SSSR count). The van der Waals surface area contributed by atoms with Crippen LogP contribution in [0, 0.1) is 0 Å². The number of rotatable bonds is 6. The van der Waals surface area contributed by atoms with Crippen molar-refractivity contribution in [3.8, 4) is 0 Å². The molecule has 0 saturated carbocycles. The lowest BCUT2D eigenvalue weighted by Gasteiger charge is -2.18. The number of hydrogen-bond donors (Lipinski definition) is 1. The molecule has 5 heteroatoms. The summed E-state index contributed by atoms with van der Waals surface area (Å²) in [4.78, 5) is 6.21. The van der Waals surface area contributed by atoms with Crippen molar-refractivity contribution < 1.29 is 8.42 Å². The topological polar surface area (TPSA) is 53.2 Å². The Morgan fingerprint density at radius 2 is 1.96 bits per heavy atom. The highest BCUT2D eigenvalue weighted by molar-refractivity contribution is 7.91. The number of fused-ring (bicyclic) bond motifs is 1. The van der Waals surface area contributed by atoms with Crippen molar-refractivity contribution in [2.45, 2.75) is 36.6 Å². The summed E-state index contributed by atoms with van der Waals surface area (Å²) in [5.74, 6) is 0.133. The molecule has 1 saturated heterocycles. The maximum Gasteiger partial charge on any atom is 0.178 e. The Labute approximate surface area is 161 Å². The summed E-state index contributed by atoms with van der Waals surface area (Å²) in [6.45, 7) is 1.18. The highest BCUT2D eigenvalue weighted by atomic mass is 32.2. The largest absolute Gasteiger partial charge is 0.361 e. The molecular weight excluding hydrogens is 356 g/mol. The van der Waals surface area contributed by atoms with Crippen LogP contribution in [0.5, 0.6) is 0 Å². The van der Waals surface area contributed by atoms with E-state index in [-0.39, 0.29) is 5.75 Å². The molecule has 1 N–H and O–H groups in total. The number of nitrogens with one attached hydrogen (secondary N) is 1. The van der Waals surface area contributed by atoms with Crippen LogP contribution in [0.3, 0.4) is 0 Å². The Bertz CT molecular complexity index is 1020. The quantitative estimate of drug-likeness (QED) is 0.705. The fourth-order valence-corrected chi connectivity index (χ4v) is 5.35. The third-order valence-corrected chi connectivity index (χ3v) is 7.45. The summed E-state index contributed by atoms with van der Waals surface area (Å²) in [7, 11) is -1.05. The average Bonchev–Trinajstić information content (AvgIpc) is 3.27. The Balaban J connectivity index is 1.52. The van der Waals surface area contributed by atoms with Gasteiger partial charge >= 0.3 is 0 Å². The van der Waals surface area contributed by atoms with Crippen molar-refractivity contribution in [3.05, 3.63) is 65.9 Å². The Morgan fingerprint density at radius 1 is 1.15 bits per heavy atom. The van der Waals surface area contributed by atoms with E-state index in [4.69, 9.17) is 0 Å². The highest BCUT2D eigenvalue weighted by Crippen LogP contribution is 2.26. The first-order valence-electron chi connectivity index (χ1n) is 9.60. The smallest absolute Gasteiger partial charge is 0.178 e. The molecule has 1 aliphatic heterocycles. The summed E-state index contributed by atoms with van der Waals surface area (Å²) in [6, 6.07) is 15.6. The van der Waals surface area contributed by atoms with Crippen LogP contribution < -0.4 is 0 Å². The number of H-pyrrole nitrogens is 1. The minimum atomic E-state index is -3.25. The van der Waals surface area contributed by atoms with Crippen LogP contribution in [0.15, 0.2) is 59.6 Å². The van der Waals surface area contributed by atoms with Crippen molar-refractivity contribution in [1.29, 1.82) is 0 Å². The number of aromatic nitrogens is 1. The van der Waals surface area contributed by atoms with Gasteiger partial charge in [0.2, 0.25) is 0 Å². The number of sulfone groups is 1.